The zero-order valence-corrected chi connectivity index (χ0v) is 77.6. The second-order valence-corrected chi connectivity index (χ2v) is 31.2. The topological polar surface area (TPSA) is 557 Å². The van der Waals surface area contributed by atoms with Crippen molar-refractivity contribution in [3.05, 3.63) is 251 Å². The van der Waals surface area contributed by atoms with E-state index in [1.165, 1.54) is 182 Å². The van der Waals surface area contributed by atoms with Crippen LogP contribution in [0, 0.1) is 0 Å². The molecule has 0 bridgehead atoms. The van der Waals surface area contributed by atoms with E-state index in [2.05, 4.69) is 16.0 Å². The third-order valence-corrected chi connectivity index (χ3v) is 20.7. The fourth-order valence-electron chi connectivity index (χ4n) is 13.9. The van der Waals surface area contributed by atoms with Gasteiger partial charge in [0.15, 0.2) is 80.1 Å². The molecule has 42 nitrogen and oxygen atoms in total. The van der Waals surface area contributed by atoms with Crippen LogP contribution in [0.3, 0.4) is 0 Å². The molecule has 3 N–H and O–H groups in total. The number of ether oxygens (including phenoxy) is 18. The number of methoxy groups -OCH3 is 2. The minimum Gasteiger partial charge on any atom is -0.726 e. The van der Waals surface area contributed by atoms with Gasteiger partial charge >= 0.3 is 119 Å². The quantitative estimate of drug-likeness (QED) is 0.00935. The second kappa shape index (κ2) is 50.4. The molecule has 4 aliphatic rings. The summed E-state index contributed by atoms with van der Waals surface area (Å²) in [5.74, 6) is -15.2. The van der Waals surface area contributed by atoms with E-state index in [0.717, 1.165) is 35.0 Å². The summed E-state index contributed by atoms with van der Waals surface area (Å²) >= 11 is 0. The van der Waals surface area contributed by atoms with Crippen LogP contribution < -0.4 is 75.1 Å². The van der Waals surface area contributed by atoms with Gasteiger partial charge in [-0.05, 0) is 85.3 Å². The van der Waals surface area contributed by atoms with Crippen molar-refractivity contribution in [2.75, 3.05) is 40.6 Å². The predicted octanol–water partition coefficient (Wildman–Crippen LogP) is -2.06. The van der Waals surface area contributed by atoms with Gasteiger partial charge in [-0.3, -0.25) is 22.7 Å². The van der Waals surface area contributed by atoms with E-state index in [-0.39, 0.29) is 99.1 Å². The molecule has 0 saturated carbocycles. The van der Waals surface area contributed by atoms with Gasteiger partial charge < -0.3 is 115 Å². The number of alkyl carbamates (subject to hydrolysis) is 1. The first kappa shape index (κ1) is 106. The Kier molecular flexibility index (Phi) is 40.1. The van der Waals surface area contributed by atoms with E-state index in [4.69, 9.17) is 93.6 Å². The van der Waals surface area contributed by atoms with Crippen molar-refractivity contribution in [2.45, 2.75) is 163 Å². The van der Waals surface area contributed by atoms with Crippen LogP contribution in [0.4, 0.5) is 4.79 Å². The van der Waals surface area contributed by atoms with Crippen molar-refractivity contribution in [2.24, 2.45) is 0 Å². The van der Waals surface area contributed by atoms with E-state index >= 15 is 14.4 Å². The number of hydrogen-bond donors (Lipinski definition) is 3. The van der Waals surface area contributed by atoms with Gasteiger partial charge in [0.05, 0.1) is 73.8 Å². The molecular formula is C87H87N3Na2O39S2. The molecule has 7 aromatic rings. The average Bonchev–Trinajstić information content (AvgIpc) is 0.747. The number of amides is 3. The first-order valence-corrected chi connectivity index (χ1v) is 42.7. The van der Waals surface area contributed by atoms with E-state index in [9.17, 15) is 73.9 Å². The number of esters is 9. The van der Waals surface area contributed by atoms with E-state index in [0.29, 0.717) is 5.56 Å². The van der Waals surface area contributed by atoms with E-state index < -0.39 is 260 Å². The van der Waals surface area contributed by atoms with Crippen molar-refractivity contribution in [3.63, 3.8) is 0 Å². The van der Waals surface area contributed by atoms with Crippen LogP contribution in [-0.4, -0.2) is 267 Å². The summed E-state index contributed by atoms with van der Waals surface area (Å²) in [7, 11) is -10.2. The Morgan fingerprint density at radius 1 is 0.361 bits per heavy atom. The van der Waals surface area contributed by atoms with Gasteiger partial charge in [-0.2, -0.15) is 0 Å². The smallest absolute Gasteiger partial charge is 0.726 e. The molecule has 0 aromatic heterocycles. The number of nitrogens with one attached hydrogen (secondary N) is 3. The number of rotatable bonds is 38. The molecule has 133 heavy (non-hydrogen) atoms. The third kappa shape index (κ3) is 30.3. The summed E-state index contributed by atoms with van der Waals surface area (Å²) in [4.78, 5) is 188. The Labute approximate surface area is 804 Å². The molecule has 20 atom stereocenters. The molecule has 4 saturated heterocycles. The van der Waals surface area contributed by atoms with Gasteiger partial charge in [0, 0.05) is 26.8 Å². The van der Waals surface area contributed by atoms with Crippen molar-refractivity contribution < 1.29 is 241 Å². The van der Waals surface area contributed by atoms with Crippen molar-refractivity contribution in [3.8, 4) is 0 Å². The number of benzene rings is 7. The van der Waals surface area contributed by atoms with Crippen LogP contribution in [0.15, 0.2) is 212 Å². The molecule has 698 valence electrons. The molecule has 3 amide bonds. The SMILES string of the molecule is COC(=O)[C@H]1O[C@@H](O[C@@H]2[C@@H](NC(C)=O)[C@H](O[C@H]3[C@H](OC(=O)c4ccccc4)[C@@H](OC(=O)c4ccccc4)[C@H](O[C@@H]4[C@@H](NC(C)=O)[C@H](OCCNC(=O)OCc5ccccc5)O[C@H](COS(=O)(=O)[O-])[C@@H]4OC(=O)c4ccccc4)O[C@@H]3C(=O)OC)O[C@H](COS(=O)(=O)[O-])[C@@H]2OC(=O)c2ccccc2)[C@H](OC(=O)c2ccccc2)[C@@H](OC(=O)c2ccccc2)[C@@H]1OC(=O)CCC(C)=O.[Na+].[Na+]. The Morgan fingerprint density at radius 3 is 1.02 bits per heavy atom. The minimum atomic E-state index is -5.99. The largest absolute Gasteiger partial charge is 1.00 e. The normalized spacial score (nSPS) is 24.9. The number of carbonyl (C=O) groups is 13. The zero-order valence-electron chi connectivity index (χ0n) is 71.9. The summed E-state index contributed by atoms with van der Waals surface area (Å²) in [5, 5.41) is 7.49. The predicted molar refractivity (Wildman–Crippen MR) is 434 cm³/mol. The fourth-order valence-corrected chi connectivity index (χ4v) is 14.5. The van der Waals surface area contributed by atoms with Crippen molar-refractivity contribution in [1.29, 1.82) is 0 Å². The molecule has 0 unspecified atom stereocenters. The van der Waals surface area contributed by atoms with Gasteiger partial charge in [-0.25, -0.2) is 60.0 Å². The summed E-state index contributed by atoms with van der Waals surface area (Å²) in [6, 6.07) is 44.2. The number of Topliss-reactive ketones (excluding diaryl/α,β-unsaturated/α-hetero) is 1. The number of carbonyl (C=O) groups excluding carboxylic acids is 13. The molecule has 0 aliphatic carbocycles. The van der Waals surface area contributed by atoms with E-state index in [1.807, 2.05) is 0 Å². The van der Waals surface area contributed by atoms with E-state index in [1.54, 1.807) is 30.3 Å². The van der Waals surface area contributed by atoms with Crippen LogP contribution in [-0.2, 0) is 150 Å². The molecule has 4 heterocycles. The first-order valence-electron chi connectivity index (χ1n) is 40.0. The Morgan fingerprint density at radius 2 is 0.677 bits per heavy atom. The van der Waals surface area contributed by atoms with Gasteiger partial charge in [0.2, 0.25) is 32.6 Å². The summed E-state index contributed by atoms with van der Waals surface area (Å²) in [6.07, 6.45) is -46.8. The Hall–Kier alpha value is -10.9. The van der Waals surface area contributed by atoms with Crippen LogP contribution in [0.25, 0.3) is 0 Å². The zero-order chi connectivity index (χ0) is 94.1. The molecule has 4 fully saturated rings. The molecule has 0 spiro atoms. The number of ketones is 1. The number of hydrogen-bond acceptors (Lipinski definition) is 39. The maximum Gasteiger partial charge on any atom is 1.00 e. The Bertz CT molecular complexity index is 5370. The van der Waals surface area contributed by atoms with Gasteiger partial charge in [0.25, 0.3) is 0 Å². The molecular weight excluding hydrogens is 1820 g/mol. The van der Waals surface area contributed by atoms with Gasteiger partial charge in [-0.1, -0.05) is 140 Å². The van der Waals surface area contributed by atoms with Crippen molar-refractivity contribution >= 4 is 98.2 Å². The van der Waals surface area contributed by atoms with Crippen LogP contribution >= 0.6 is 0 Å². The molecule has 7 aromatic carbocycles. The van der Waals surface area contributed by atoms with Crippen LogP contribution in [0.2, 0.25) is 0 Å². The summed E-state index contributed by atoms with van der Waals surface area (Å²) in [5.41, 5.74) is -1.17. The second-order valence-electron chi connectivity index (χ2n) is 29.1. The monoisotopic (exact) mass is 1910 g/mol. The summed E-state index contributed by atoms with van der Waals surface area (Å²) in [6.45, 7) is -1.38. The molecule has 4 aliphatic heterocycles. The molecule has 0 radical (unpaired) electrons. The first-order chi connectivity index (χ1) is 62.7. The van der Waals surface area contributed by atoms with Gasteiger partial charge in [-0.15, -0.1) is 0 Å². The van der Waals surface area contributed by atoms with Crippen LogP contribution in [0.1, 0.15) is 101 Å². The Balaban J connectivity index is 0.00000994. The molecule has 11 rings (SSSR count). The van der Waals surface area contributed by atoms with Gasteiger partial charge in [0.1, 0.15) is 55.0 Å². The maximum absolute atomic E-state index is 15.4. The average molecular weight is 1910 g/mol. The third-order valence-electron chi connectivity index (χ3n) is 19.8. The summed E-state index contributed by atoms with van der Waals surface area (Å²) < 4.78 is 198. The van der Waals surface area contributed by atoms with Crippen LogP contribution in [0.5, 0.6) is 0 Å². The fraction of sp³-hybridized carbons (Fsp3) is 0.368. The standard InChI is InChI=1S/C87H89N3O39S2.2Na/c1-48(91)41-42-60(94)118-67-69(121-77(97)54-33-19-9-20-34-54)73(123-79(99)56-37-23-11-24-38-56)85(128-71(67)81(101)110-4)126-66-62(90-50(3)93)84(117-59(47-115-131(107,108)109)64(66)120-76(96)53-31-17-8-18-32-53)127-68-70(122-78(98)55-35-21-10-22-36-55)74(124-80(100)57-39-25-12-26-40-57)86(129-72(68)82(102)111-5)125-65-61(89-49(2)92)83(112-44-43-88-87(103)113-45-51-27-13-6-14-28-51)116-58(46-114-130(104,105)106)63(65)119-75(95)52-29-15-7-16-30-52;;/h6-40,58-59,61-74,83-86H,41-47H2,1-5H3,(H,88,103)(H,89,92)(H,90,93)(H,104,105,106)(H,107,108,109);;/q;2*+1/p-2/t58-,59-,61-,62-,63+,64+,65-,66-,67+,68+,69+,70+,71+,72+,73-,74-,83-,84+,85-,86-;;/m1../s1. The molecule has 46 heteroatoms. The van der Waals surface area contributed by atoms with Crippen molar-refractivity contribution in [1.82, 2.24) is 16.0 Å². The minimum absolute atomic E-state index is 0. The maximum atomic E-state index is 15.4.